The molecule has 0 fully saturated rings. The average Bonchev–Trinajstić information content (AvgIpc) is 2.30. The van der Waals surface area contributed by atoms with Crippen LogP contribution < -0.4 is 5.73 Å². The number of carbonyl (C=O) groups is 3. The summed E-state index contributed by atoms with van der Waals surface area (Å²) >= 11 is 0. The summed E-state index contributed by atoms with van der Waals surface area (Å²) in [6.07, 6.45) is -0.326. The van der Waals surface area contributed by atoms with Gasteiger partial charge in [-0.3, -0.25) is 14.4 Å². The Labute approximate surface area is 108 Å². The number of nitrogens with two attached hydrogens (primary N) is 1. The van der Waals surface area contributed by atoms with Crippen molar-refractivity contribution in [2.75, 3.05) is 13.1 Å². The molecule has 1 aromatic rings. The third-order valence-corrected chi connectivity index (χ3v) is 2.33. The highest BCUT2D eigenvalue weighted by atomic mass is 19.1. The molecule has 0 spiro atoms. The number of benzene rings is 1. The summed E-state index contributed by atoms with van der Waals surface area (Å²) in [4.78, 5) is 34.0. The van der Waals surface area contributed by atoms with Crippen LogP contribution >= 0.6 is 0 Å². The van der Waals surface area contributed by atoms with Crippen LogP contribution in [0.2, 0.25) is 0 Å². The van der Waals surface area contributed by atoms with Gasteiger partial charge in [0.25, 0.3) is 0 Å². The van der Waals surface area contributed by atoms with Crippen molar-refractivity contribution >= 4 is 17.8 Å². The van der Waals surface area contributed by atoms with Gasteiger partial charge in [0.15, 0.2) is 0 Å². The number of rotatable bonds is 6. The number of amides is 2. The molecule has 1 aromatic carbocycles. The summed E-state index contributed by atoms with van der Waals surface area (Å²) in [7, 11) is 0. The monoisotopic (exact) mass is 268 g/mol. The van der Waals surface area contributed by atoms with Crippen molar-refractivity contribution in [3.63, 3.8) is 0 Å². The fraction of sp³-hybridized carbons (Fsp3) is 0.250. The van der Waals surface area contributed by atoms with Gasteiger partial charge in [0.2, 0.25) is 11.8 Å². The molecule has 0 atom stereocenters. The van der Waals surface area contributed by atoms with Crippen LogP contribution in [0, 0.1) is 5.82 Å². The quantitative estimate of drug-likeness (QED) is 0.744. The van der Waals surface area contributed by atoms with Crippen LogP contribution in [0.4, 0.5) is 4.39 Å². The van der Waals surface area contributed by atoms with Gasteiger partial charge < -0.3 is 15.7 Å². The maximum atomic E-state index is 13.4. The van der Waals surface area contributed by atoms with E-state index in [1.165, 1.54) is 18.2 Å². The zero-order chi connectivity index (χ0) is 14.4. The average molecular weight is 268 g/mol. The van der Waals surface area contributed by atoms with Crippen LogP contribution in [-0.4, -0.2) is 40.9 Å². The number of aliphatic carboxylic acids is 1. The Kier molecular flexibility index (Phi) is 4.99. The SMILES string of the molecule is NC(=O)CN(CC(=O)O)C(=O)Cc1ccccc1F. The fourth-order valence-electron chi connectivity index (χ4n) is 1.50. The van der Waals surface area contributed by atoms with Crippen molar-refractivity contribution in [2.24, 2.45) is 5.73 Å². The van der Waals surface area contributed by atoms with Crippen molar-refractivity contribution in [2.45, 2.75) is 6.42 Å². The maximum Gasteiger partial charge on any atom is 0.323 e. The normalized spacial score (nSPS) is 9.95. The minimum absolute atomic E-state index is 0.132. The molecular weight excluding hydrogens is 255 g/mol. The van der Waals surface area contributed by atoms with Crippen molar-refractivity contribution in [1.29, 1.82) is 0 Å². The lowest BCUT2D eigenvalue weighted by molar-refractivity contribution is -0.145. The van der Waals surface area contributed by atoms with Crippen LogP contribution in [0.1, 0.15) is 5.56 Å². The van der Waals surface area contributed by atoms with Crippen LogP contribution in [-0.2, 0) is 20.8 Å². The maximum absolute atomic E-state index is 13.4. The van der Waals surface area contributed by atoms with E-state index in [-0.39, 0.29) is 12.0 Å². The molecule has 102 valence electrons. The van der Waals surface area contributed by atoms with E-state index < -0.39 is 36.7 Å². The predicted molar refractivity (Wildman–Crippen MR) is 63.5 cm³/mol. The van der Waals surface area contributed by atoms with Crippen molar-refractivity contribution in [1.82, 2.24) is 4.90 Å². The first kappa shape index (κ1) is 14.6. The Balaban J connectivity index is 2.79. The molecule has 0 aromatic heterocycles. The molecule has 0 unspecified atom stereocenters. The lowest BCUT2D eigenvalue weighted by Crippen LogP contribution is -2.42. The van der Waals surface area contributed by atoms with E-state index in [1.54, 1.807) is 6.07 Å². The van der Waals surface area contributed by atoms with Crippen molar-refractivity contribution in [3.8, 4) is 0 Å². The molecular formula is C12H13FN2O4. The number of hydrogen-bond acceptors (Lipinski definition) is 3. The van der Waals surface area contributed by atoms with Gasteiger partial charge in [-0.25, -0.2) is 4.39 Å². The number of halogens is 1. The third-order valence-electron chi connectivity index (χ3n) is 2.33. The van der Waals surface area contributed by atoms with Crippen molar-refractivity contribution in [3.05, 3.63) is 35.6 Å². The van der Waals surface area contributed by atoms with E-state index >= 15 is 0 Å². The number of primary amides is 1. The molecule has 0 saturated heterocycles. The Bertz CT molecular complexity index is 488. The molecule has 0 aliphatic heterocycles. The van der Waals surface area contributed by atoms with Gasteiger partial charge in [-0.05, 0) is 11.6 Å². The van der Waals surface area contributed by atoms with Crippen molar-refractivity contribution < 1.29 is 23.9 Å². The van der Waals surface area contributed by atoms with Gasteiger partial charge in [-0.1, -0.05) is 18.2 Å². The summed E-state index contributed by atoms with van der Waals surface area (Å²) in [5, 5.41) is 8.65. The van der Waals surface area contributed by atoms with Crippen LogP contribution in [0.3, 0.4) is 0 Å². The second-order valence-electron chi connectivity index (χ2n) is 3.88. The fourth-order valence-corrected chi connectivity index (χ4v) is 1.50. The summed E-state index contributed by atoms with van der Waals surface area (Å²) in [5.74, 6) is -3.34. The Hall–Kier alpha value is -2.44. The molecule has 0 radical (unpaired) electrons. The minimum Gasteiger partial charge on any atom is -0.480 e. The van der Waals surface area contributed by atoms with E-state index in [0.717, 1.165) is 4.90 Å². The number of carbonyl (C=O) groups excluding carboxylic acids is 2. The van der Waals surface area contributed by atoms with Gasteiger partial charge >= 0.3 is 5.97 Å². The molecule has 2 amide bonds. The standard InChI is InChI=1S/C12H13FN2O4/c13-9-4-2-1-3-8(9)5-11(17)15(6-10(14)16)7-12(18)19/h1-4H,5-7H2,(H2,14,16)(H,18,19). The largest absolute Gasteiger partial charge is 0.480 e. The number of carboxylic acid groups (broad SMARTS) is 1. The number of carboxylic acids is 1. The van der Waals surface area contributed by atoms with Crippen LogP contribution in [0.15, 0.2) is 24.3 Å². The molecule has 0 aliphatic carbocycles. The molecule has 6 nitrogen and oxygen atoms in total. The van der Waals surface area contributed by atoms with Gasteiger partial charge in [-0.15, -0.1) is 0 Å². The van der Waals surface area contributed by atoms with Gasteiger partial charge in [0.05, 0.1) is 13.0 Å². The molecule has 1 rings (SSSR count). The molecule has 0 heterocycles. The lowest BCUT2D eigenvalue weighted by atomic mass is 10.1. The second-order valence-corrected chi connectivity index (χ2v) is 3.88. The minimum atomic E-state index is -1.27. The van der Waals surface area contributed by atoms with Gasteiger partial charge in [-0.2, -0.15) is 0 Å². The van der Waals surface area contributed by atoms with E-state index in [0.29, 0.717) is 0 Å². The molecule has 0 aliphatic rings. The smallest absolute Gasteiger partial charge is 0.323 e. The molecule has 7 heteroatoms. The van der Waals surface area contributed by atoms with E-state index in [2.05, 4.69) is 0 Å². The summed E-state index contributed by atoms with van der Waals surface area (Å²) < 4.78 is 13.4. The third kappa shape index (κ3) is 4.74. The van der Waals surface area contributed by atoms with Gasteiger partial charge in [0.1, 0.15) is 12.4 Å². The molecule has 0 saturated carbocycles. The van der Waals surface area contributed by atoms with Crippen LogP contribution in [0.5, 0.6) is 0 Å². The second kappa shape index (κ2) is 6.48. The van der Waals surface area contributed by atoms with Gasteiger partial charge in [0, 0.05) is 0 Å². The molecule has 0 bridgehead atoms. The first-order chi connectivity index (χ1) is 8.90. The highest BCUT2D eigenvalue weighted by molar-refractivity contribution is 5.87. The van der Waals surface area contributed by atoms with Crippen LogP contribution in [0.25, 0.3) is 0 Å². The van der Waals surface area contributed by atoms with E-state index in [4.69, 9.17) is 10.8 Å². The summed E-state index contributed by atoms with van der Waals surface area (Å²) in [6.45, 7) is -1.17. The Morgan fingerprint density at radius 2 is 1.84 bits per heavy atom. The lowest BCUT2D eigenvalue weighted by Gasteiger charge is -2.19. The topological polar surface area (TPSA) is 101 Å². The number of hydrogen-bond donors (Lipinski definition) is 2. The Morgan fingerprint density at radius 3 is 2.37 bits per heavy atom. The number of nitrogens with zero attached hydrogens (tertiary/aromatic N) is 1. The summed E-state index contributed by atoms with van der Waals surface area (Å²) in [6, 6.07) is 5.64. The predicted octanol–water partition coefficient (Wildman–Crippen LogP) is -0.233. The van der Waals surface area contributed by atoms with E-state index in [1.807, 2.05) is 0 Å². The zero-order valence-electron chi connectivity index (χ0n) is 10.0. The zero-order valence-corrected chi connectivity index (χ0v) is 10.0. The first-order valence-corrected chi connectivity index (χ1v) is 5.41. The highest BCUT2D eigenvalue weighted by Gasteiger charge is 2.19. The van der Waals surface area contributed by atoms with E-state index in [9.17, 15) is 18.8 Å². The Morgan fingerprint density at radius 1 is 1.21 bits per heavy atom. The highest BCUT2D eigenvalue weighted by Crippen LogP contribution is 2.08. The molecule has 3 N–H and O–H groups in total. The molecule has 19 heavy (non-hydrogen) atoms. The first-order valence-electron chi connectivity index (χ1n) is 5.41. The summed E-state index contributed by atoms with van der Waals surface area (Å²) in [5.41, 5.74) is 5.06.